The molecule has 0 aromatic carbocycles. The number of hydrogen-bond donors (Lipinski definition) is 3. The minimum Gasteiger partial charge on any atom is -0.326 e. The van der Waals surface area contributed by atoms with Crippen LogP contribution in [0.15, 0.2) is 35.7 Å². The molecule has 0 unspecified atom stereocenters. The van der Waals surface area contributed by atoms with Gasteiger partial charge in [-0.1, -0.05) is 0 Å². The lowest BCUT2D eigenvalue weighted by atomic mass is 10.2. The average molecular weight is 281 g/mol. The number of rotatable bonds is 6. The second-order valence-corrected chi connectivity index (χ2v) is 5.64. The predicted octanol–water partition coefficient (Wildman–Crippen LogP) is -0.216. The summed E-state index contributed by atoms with van der Waals surface area (Å²) in [5, 5.41) is 6.18. The maximum Gasteiger partial charge on any atom is 0.257 e. The van der Waals surface area contributed by atoms with Crippen molar-refractivity contribution in [3.63, 3.8) is 0 Å². The number of sulfonamides is 1. The number of nitrogens with zero attached hydrogens (tertiary/aromatic N) is 2. The normalized spacial score (nSPS) is 11.6. The topological polar surface area (TPSA) is 114 Å². The highest BCUT2D eigenvalue weighted by molar-refractivity contribution is 7.89. The summed E-state index contributed by atoms with van der Waals surface area (Å²) in [5.41, 5.74) is 6.94. The molecule has 0 aliphatic heterocycles. The molecule has 0 aliphatic carbocycles. The average Bonchev–Trinajstić information content (AvgIpc) is 2.89. The molecule has 4 N–H and O–H groups in total. The van der Waals surface area contributed by atoms with E-state index in [4.69, 9.17) is 5.73 Å². The van der Waals surface area contributed by atoms with Crippen LogP contribution in [0.25, 0.3) is 0 Å². The van der Waals surface area contributed by atoms with Gasteiger partial charge in [0.25, 0.3) is 10.0 Å². The number of nitrogens with one attached hydrogen (secondary N) is 2. The van der Waals surface area contributed by atoms with Gasteiger partial charge in [-0.05, 0) is 24.1 Å². The summed E-state index contributed by atoms with van der Waals surface area (Å²) in [6, 6.07) is 3.69. The first kappa shape index (κ1) is 13.7. The van der Waals surface area contributed by atoms with E-state index in [1.807, 2.05) is 12.1 Å². The number of aromatic amines is 1. The Balaban J connectivity index is 1.99. The largest absolute Gasteiger partial charge is 0.326 e. The third kappa shape index (κ3) is 3.37. The van der Waals surface area contributed by atoms with Crippen molar-refractivity contribution in [1.29, 1.82) is 0 Å². The van der Waals surface area contributed by atoms with E-state index >= 15 is 0 Å². The van der Waals surface area contributed by atoms with E-state index in [0.29, 0.717) is 18.5 Å². The lowest BCUT2D eigenvalue weighted by Gasteiger charge is -2.06. The molecular formula is C11H15N5O2S. The molecule has 0 fully saturated rings. The van der Waals surface area contributed by atoms with Crippen molar-refractivity contribution in [2.45, 2.75) is 18.0 Å². The number of hydrogen-bond acceptors (Lipinski definition) is 5. The SMILES string of the molecule is NCc1cn[nH]c1S(=O)(=O)NCCc1ccncc1. The monoisotopic (exact) mass is 281 g/mol. The Morgan fingerprint density at radius 3 is 2.74 bits per heavy atom. The van der Waals surface area contributed by atoms with Gasteiger partial charge in [-0.2, -0.15) is 5.10 Å². The molecule has 8 heteroatoms. The van der Waals surface area contributed by atoms with Crippen LogP contribution in [-0.2, 0) is 23.0 Å². The molecule has 2 heterocycles. The van der Waals surface area contributed by atoms with E-state index in [1.165, 1.54) is 6.20 Å². The van der Waals surface area contributed by atoms with Crippen molar-refractivity contribution >= 4 is 10.0 Å². The lowest BCUT2D eigenvalue weighted by molar-refractivity contribution is 0.576. The van der Waals surface area contributed by atoms with Gasteiger partial charge in [-0.15, -0.1) is 0 Å². The van der Waals surface area contributed by atoms with Crippen LogP contribution in [0.1, 0.15) is 11.1 Å². The highest BCUT2D eigenvalue weighted by Gasteiger charge is 2.19. The standard InChI is InChI=1S/C11H15N5O2S/c12-7-10-8-14-16-11(10)19(17,18)15-6-3-9-1-4-13-5-2-9/h1-2,4-5,8,15H,3,6-7,12H2,(H,14,16). The second kappa shape index (κ2) is 5.91. The number of H-pyrrole nitrogens is 1. The fraction of sp³-hybridized carbons (Fsp3) is 0.273. The van der Waals surface area contributed by atoms with Crippen LogP contribution < -0.4 is 10.5 Å². The summed E-state index contributed by atoms with van der Waals surface area (Å²) in [4.78, 5) is 3.90. The van der Waals surface area contributed by atoms with Crippen molar-refractivity contribution in [3.8, 4) is 0 Å². The molecule has 2 aromatic heterocycles. The zero-order valence-corrected chi connectivity index (χ0v) is 11.0. The molecule has 0 spiro atoms. The number of aromatic nitrogens is 3. The summed E-state index contributed by atoms with van der Waals surface area (Å²) in [6.45, 7) is 0.423. The Labute approximate surface area is 111 Å². The van der Waals surface area contributed by atoms with Crippen LogP contribution in [0.3, 0.4) is 0 Å². The maximum absolute atomic E-state index is 12.0. The Bertz CT molecular complexity index is 624. The first-order chi connectivity index (χ1) is 9.13. The van der Waals surface area contributed by atoms with Crippen molar-refractivity contribution in [2.24, 2.45) is 5.73 Å². The van der Waals surface area contributed by atoms with Crippen molar-refractivity contribution in [3.05, 3.63) is 41.9 Å². The van der Waals surface area contributed by atoms with Crippen molar-refractivity contribution in [1.82, 2.24) is 19.9 Å². The van der Waals surface area contributed by atoms with Gasteiger partial charge in [-0.25, -0.2) is 13.1 Å². The minimum absolute atomic E-state index is 0.0322. The highest BCUT2D eigenvalue weighted by atomic mass is 32.2. The summed E-state index contributed by atoms with van der Waals surface area (Å²) in [7, 11) is -3.59. The van der Waals surface area contributed by atoms with Crippen molar-refractivity contribution < 1.29 is 8.42 Å². The molecule has 2 rings (SSSR count). The molecule has 2 aromatic rings. The van der Waals surface area contributed by atoms with E-state index in [-0.39, 0.29) is 11.6 Å². The van der Waals surface area contributed by atoms with Crippen LogP contribution in [0.2, 0.25) is 0 Å². The van der Waals surface area contributed by atoms with Crippen LogP contribution in [0, 0.1) is 0 Å². The van der Waals surface area contributed by atoms with Gasteiger partial charge < -0.3 is 5.73 Å². The van der Waals surface area contributed by atoms with Crippen LogP contribution >= 0.6 is 0 Å². The Hall–Kier alpha value is -1.77. The summed E-state index contributed by atoms with van der Waals surface area (Å²) >= 11 is 0. The molecule has 7 nitrogen and oxygen atoms in total. The van der Waals surface area contributed by atoms with E-state index in [0.717, 1.165) is 5.56 Å². The molecule has 0 bridgehead atoms. The molecule has 102 valence electrons. The fourth-order valence-corrected chi connectivity index (χ4v) is 2.80. The van der Waals surface area contributed by atoms with Gasteiger partial charge in [0.2, 0.25) is 0 Å². The van der Waals surface area contributed by atoms with Gasteiger partial charge in [0.1, 0.15) is 0 Å². The van der Waals surface area contributed by atoms with Gasteiger partial charge in [-0.3, -0.25) is 10.1 Å². The van der Waals surface area contributed by atoms with Crippen molar-refractivity contribution in [2.75, 3.05) is 6.54 Å². The smallest absolute Gasteiger partial charge is 0.257 e. The third-order valence-corrected chi connectivity index (χ3v) is 4.10. The molecule has 0 radical (unpaired) electrons. The zero-order chi connectivity index (χ0) is 13.7. The first-order valence-corrected chi connectivity index (χ1v) is 7.22. The van der Waals surface area contributed by atoms with Gasteiger partial charge in [0, 0.05) is 31.0 Å². The molecule has 0 aliphatic rings. The van der Waals surface area contributed by atoms with E-state index < -0.39 is 10.0 Å². The predicted molar refractivity (Wildman–Crippen MR) is 69.6 cm³/mol. The van der Waals surface area contributed by atoms with Crippen LogP contribution in [0.5, 0.6) is 0 Å². The van der Waals surface area contributed by atoms with Gasteiger partial charge in [0.15, 0.2) is 5.03 Å². The second-order valence-electron chi connectivity index (χ2n) is 3.93. The Morgan fingerprint density at radius 2 is 2.05 bits per heavy atom. The maximum atomic E-state index is 12.0. The number of nitrogens with two attached hydrogens (primary N) is 1. The third-order valence-electron chi connectivity index (χ3n) is 2.62. The molecule has 0 atom stereocenters. The van der Waals surface area contributed by atoms with E-state index in [2.05, 4.69) is 19.9 Å². The molecule has 19 heavy (non-hydrogen) atoms. The number of pyridine rings is 1. The summed E-state index contributed by atoms with van der Waals surface area (Å²) in [6.07, 6.45) is 5.35. The first-order valence-electron chi connectivity index (χ1n) is 5.74. The molecular weight excluding hydrogens is 266 g/mol. The quantitative estimate of drug-likeness (QED) is 0.677. The summed E-state index contributed by atoms with van der Waals surface area (Å²) in [5.74, 6) is 0. The van der Waals surface area contributed by atoms with Gasteiger partial charge in [0.05, 0.1) is 6.20 Å². The molecule has 0 saturated carbocycles. The lowest BCUT2D eigenvalue weighted by Crippen LogP contribution is -2.27. The van der Waals surface area contributed by atoms with Gasteiger partial charge >= 0.3 is 0 Å². The fourth-order valence-electron chi connectivity index (χ4n) is 1.63. The van der Waals surface area contributed by atoms with E-state index in [9.17, 15) is 8.42 Å². The summed E-state index contributed by atoms with van der Waals surface area (Å²) < 4.78 is 26.5. The molecule has 0 amide bonds. The van der Waals surface area contributed by atoms with Crippen LogP contribution in [0.4, 0.5) is 0 Å². The van der Waals surface area contributed by atoms with E-state index in [1.54, 1.807) is 12.4 Å². The Kier molecular flexibility index (Phi) is 4.25. The highest BCUT2D eigenvalue weighted by Crippen LogP contribution is 2.10. The molecule has 0 saturated heterocycles. The Morgan fingerprint density at radius 1 is 1.32 bits per heavy atom. The van der Waals surface area contributed by atoms with Crippen LogP contribution in [-0.4, -0.2) is 30.1 Å². The minimum atomic E-state index is -3.59. The zero-order valence-electron chi connectivity index (χ0n) is 10.2.